The van der Waals surface area contributed by atoms with Crippen LogP contribution in [0.2, 0.25) is 0 Å². The van der Waals surface area contributed by atoms with Crippen LogP contribution in [0, 0.1) is 0 Å². The van der Waals surface area contributed by atoms with Crippen LogP contribution < -0.4 is 0 Å². The summed E-state index contributed by atoms with van der Waals surface area (Å²) in [5.74, 6) is -0.367. The standard InChI is InChI=1S/C8H11FN2O2/c1-5(9)6-4-10-7(11-6)2-3-8(12)13/h4-5H,2-3H2,1H3,(H,10,11)(H,12,13). The summed E-state index contributed by atoms with van der Waals surface area (Å²) >= 11 is 0. The zero-order chi connectivity index (χ0) is 9.84. The van der Waals surface area contributed by atoms with Crippen molar-refractivity contribution in [3.05, 3.63) is 17.7 Å². The van der Waals surface area contributed by atoms with E-state index in [9.17, 15) is 9.18 Å². The molecular formula is C8H11FN2O2. The molecule has 4 nitrogen and oxygen atoms in total. The fourth-order valence-electron chi connectivity index (χ4n) is 0.933. The largest absolute Gasteiger partial charge is 0.481 e. The van der Waals surface area contributed by atoms with E-state index < -0.39 is 12.1 Å². The predicted octanol–water partition coefficient (Wildman–Crippen LogP) is 1.46. The van der Waals surface area contributed by atoms with Crippen LogP contribution in [0.15, 0.2) is 6.20 Å². The van der Waals surface area contributed by atoms with Crippen LogP contribution in [0.5, 0.6) is 0 Å². The first-order valence-corrected chi connectivity index (χ1v) is 3.99. The van der Waals surface area contributed by atoms with Gasteiger partial charge in [-0.15, -0.1) is 0 Å². The minimum absolute atomic E-state index is 0.00756. The van der Waals surface area contributed by atoms with Gasteiger partial charge in [-0.25, -0.2) is 9.37 Å². The van der Waals surface area contributed by atoms with E-state index in [1.165, 1.54) is 13.1 Å². The van der Waals surface area contributed by atoms with Gasteiger partial charge in [-0.2, -0.15) is 0 Å². The molecule has 72 valence electrons. The maximum atomic E-state index is 12.7. The van der Waals surface area contributed by atoms with Crippen molar-refractivity contribution in [3.63, 3.8) is 0 Å². The Labute approximate surface area is 74.8 Å². The molecule has 0 aliphatic carbocycles. The smallest absolute Gasteiger partial charge is 0.303 e. The Kier molecular flexibility index (Phi) is 3.00. The number of aromatic amines is 1. The molecule has 0 aliphatic rings. The third-order valence-electron chi connectivity index (χ3n) is 1.65. The van der Waals surface area contributed by atoms with Gasteiger partial charge in [0.1, 0.15) is 12.0 Å². The molecule has 0 amide bonds. The Morgan fingerprint density at radius 2 is 2.54 bits per heavy atom. The van der Waals surface area contributed by atoms with Gasteiger partial charge in [0.25, 0.3) is 0 Å². The van der Waals surface area contributed by atoms with E-state index in [-0.39, 0.29) is 6.42 Å². The van der Waals surface area contributed by atoms with Crippen LogP contribution in [0.1, 0.15) is 31.0 Å². The molecule has 1 rings (SSSR count). The van der Waals surface area contributed by atoms with Crippen molar-refractivity contribution < 1.29 is 14.3 Å². The molecule has 1 heterocycles. The second kappa shape index (κ2) is 4.02. The Balaban J connectivity index is 2.54. The van der Waals surface area contributed by atoms with Crippen LogP contribution in [0.4, 0.5) is 4.39 Å². The third-order valence-corrected chi connectivity index (χ3v) is 1.65. The first kappa shape index (κ1) is 9.70. The van der Waals surface area contributed by atoms with Gasteiger partial charge in [0.15, 0.2) is 0 Å². The molecule has 0 radical (unpaired) electrons. The minimum Gasteiger partial charge on any atom is -0.481 e. The van der Waals surface area contributed by atoms with Crippen molar-refractivity contribution in [1.82, 2.24) is 9.97 Å². The number of H-pyrrole nitrogens is 1. The molecular weight excluding hydrogens is 175 g/mol. The Morgan fingerprint density at radius 3 is 3.00 bits per heavy atom. The molecule has 1 atom stereocenters. The highest BCUT2D eigenvalue weighted by Crippen LogP contribution is 2.13. The number of alkyl halides is 1. The summed E-state index contributed by atoms with van der Waals surface area (Å²) in [6.07, 6.45) is 0.614. The molecule has 0 aliphatic heterocycles. The predicted molar refractivity (Wildman–Crippen MR) is 44.1 cm³/mol. The molecule has 1 aromatic rings. The molecule has 0 fully saturated rings. The van der Waals surface area contributed by atoms with Gasteiger partial charge in [0.2, 0.25) is 0 Å². The van der Waals surface area contributed by atoms with E-state index in [1.807, 2.05) is 0 Å². The van der Waals surface area contributed by atoms with Gasteiger partial charge in [-0.1, -0.05) is 0 Å². The lowest BCUT2D eigenvalue weighted by atomic mass is 10.3. The molecule has 5 heteroatoms. The number of halogens is 1. The zero-order valence-corrected chi connectivity index (χ0v) is 7.25. The van der Waals surface area contributed by atoms with Crippen molar-refractivity contribution in [2.75, 3.05) is 0 Å². The summed E-state index contributed by atoms with van der Waals surface area (Å²) in [6, 6.07) is 0. The lowest BCUT2D eigenvalue weighted by Crippen LogP contribution is -1.98. The summed E-state index contributed by atoms with van der Waals surface area (Å²) in [5.41, 5.74) is 0.389. The summed E-state index contributed by atoms with van der Waals surface area (Å²) in [4.78, 5) is 16.8. The summed E-state index contributed by atoms with van der Waals surface area (Å²) in [7, 11) is 0. The zero-order valence-electron chi connectivity index (χ0n) is 7.25. The molecule has 2 N–H and O–H groups in total. The molecule has 1 unspecified atom stereocenters. The highest BCUT2D eigenvalue weighted by atomic mass is 19.1. The Bertz CT molecular complexity index is 296. The van der Waals surface area contributed by atoms with Gasteiger partial charge in [0.05, 0.1) is 18.3 Å². The average Bonchev–Trinajstić information content (AvgIpc) is 2.48. The number of nitrogens with zero attached hydrogens (tertiary/aromatic N) is 1. The number of carboxylic acid groups (broad SMARTS) is 1. The molecule has 13 heavy (non-hydrogen) atoms. The van der Waals surface area contributed by atoms with E-state index in [1.54, 1.807) is 0 Å². The average molecular weight is 186 g/mol. The number of imidazole rings is 1. The van der Waals surface area contributed by atoms with Gasteiger partial charge in [-0.3, -0.25) is 4.79 Å². The van der Waals surface area contributed by atoms with E-state index in [0.29, 0.717) is 17.9 Å². The molecule has 0 aromatic carbocycles. The fourth-order valence-corrected chi connectivity index (χ4v) is 0.933. The molecule has 0 bridgehead atoms. The molecule has 1 aromatic heterocycles. The van der Waals surface area contributed by atoms with Gasteiger partial charge >= 0.3 is 5.97 Å². The fraction of sp³-hybridized carbons (Fsp3) is 0.500. The van der Waals surface area contributed by atoms with Crippen LogP contribution in [-0.2, 0) is 11.2 Å². The van der Waals surface area contributed by atoms with E-state index in [2.05, 4.69) is 9.97 Å². The topological polar surface area (TPSA) is 66.0 Å². The monoisotopic (exact) mass is 186 g/mol. The highest BCUT2D eigenvalue weighted by molar-refractivity contribution is 5.66. The Hall–Kier alpha value is -1.39. The first-order chi connectivity index (χ1) is 6.09. The number of rotatable bonds is 4. The number of hydrogen-bond acceptors (Lipinski definition) is 2. The van der Waals surface area contributed by atoms with Gasteiger partial charge in [-0.05, 0) is 6.92 Å². The molecule has 0 saturated heterocycles. The SMILES string of the molecule is CC(F)c1cnc(CCC(=O)O)[nH]1. The maximum absolute atomic E-state index is 12.7. The van der Waals surface area contributed by atoms with Crippen molar-refractivity contribution >= 4 is 5.97 Å². The molecule has 0 spiro atoms. The van der Waals surface area contributed by atoms with Crippen molar-refractivity contribution in [1.29, 1.82) is 0 Å². The minimum atomic E-state index is -1.09. The highest BCUT2D eigenvalue weighted by Gasteiger charge is 2.07. The van der Waals surface area contributed by atoms with E-state index in [4.69, 9.17) is 5.11 Å². The lowest BCUT2D eigenvalue weighted by Gasteiger charge is -1.95. The number of hydrogen-bond donors (Lipinski definition) is 2. The second-order valence-corrected chi connectivity index (χ2v) is 2.79. The summed E-state index contributed by atoms with van der Waals surface area (Å²) in [6.45, 7) is 1.40. The third kappa shape index (κ3) is 2.85. The van der Waals surface area contributed by atoms with Crippen LogP contribution in [0.25, 0.3) is 0 Å². The summed E-state index contributed by atoms with van der Waals surface area (Å²) < 4.78 is 12.7. The van der Waals surface area contributed by atoms with Crippen LogP contribution in [-0.4, -0.2) is 21.0 Å². The first-order valence-electron chi connectivity index (χ1n) is 3.99. The van der Waals surface area contributed by atoms with Gasteiger partial charge in [0, 0.05) is 6.42 Å². The van der Waals surface area contributed by atoms with E-state index in [0.717, 1.165) is 0 Å². The maximum Gasteiger partial charge on any atom is 0.303 e. The number of aliphatic carboxylic acids is 1. The van der Waals surface area contributed by atoms with Crippen molar-refractivity contribution in [3.8, 4) is 0 Å². The number of aryl methyl sites for hydroxylation is 1. The lowest BCUT2D eigenvalue weighted by molar-refractivity contribution is -0.137. The van der Waals surface area contributed by atoms with Crippen molar-refractivity contribution in [2.45, 2.75) is 25.9 Å². The van der Waals surface area contributed by atoms with Crippen molar-refractivity contribution in [2.24, 2.45) is 0 Å². The number of carbonyl (C=O) groups is 1. The van der Waals surface area contributed by atoms with Crippen LogP contribution in [0.3, 0.4) is 0 Å². The van der Waals surface area contributed by atoms with E-state index >= 15 is 0 Å². The quantitative estimate of drug-likeness (QED) is 0.748. The van der Waals surface area contributed by atoms with Gasteiger partial charge < -0.3 is 10.1 Å². The Morgan fingerprint density at radius 1 is 1.85 bits per heavy atom. The number of nitrogens with one attached hydrogen (secondary N) is 1. The summed E-state index contributed by atoms with van der Waals surface area (Å²) in [5, 5.41) is 8.38. The molecule has 0 saturated carbocycles. The second-order valence-electron chi connectivity index (χ2n) is 2.79. The van der Waals surface area contributed by atoms with Crippen LogP contribution >= 0.6 is 0 Å². The number of carboxylic acids is 1. The normalized spacial score (nSPS) is 12.8. The number of aromatic nitrogens is 2.